The van der Waals surface area contributed by atoms with Gasteiger partial charge in [0, 0.05) is 25.1 Å². The lowest BCUT2D eigenvalue weighted by molar-refractivity contribution is 0.213. The summed E-state index contributed by atoms with van der Waals surface area (Å²) in [6, 6.07) is 7.11. The highest BCUT2D eigenvalue weighted by atomic mass is 28.3. The van der Waals surface area contributed by atoms with Crippen molar-refractivity contribution in [2.45, 2.75) is 32.7 Å². The van der Waals surface area contributed by atoms with E-state index in [1.165, 1.54) is 0 Å². The van der Waals surface area contributed by atoms with Crippen molar-refractivity contribution in [1.82, 2.24) is 4.98 Å². The Kier molecular flexibility index (Phi) is 7.04. The summed E-state index contributed by atoms with van der Waals surface area (Å²) in [5.41, 5.74) is 1.16. The standard InChI is InChI=1S/C12H21NO2Si/c1-3-14-16(15-4-2)11-7-9-12-8-5-6-10-13-12/h5-6,8,10,16H,3-4,7,9,11H2,1-2H3. The average Bonchev–Trinajstić information content (AvgIpc) is 2.31. The summed E-state index contributed by atoms with van der Waals surface area (Å²) < 4.78 is 11.2. The summed E-state index contributed by atoms with van der Waals surface area (Å²) in [7, 11) is -1.40. The molecular weight excluding hydrogens is 218 g/mol. The minimum atomic E-state index is -1.40. The van der Waals surface area contributed by atoms with Gasteiger partial charge in [-0.05, 0) is 44.9 Å². The smallest absolute Gasteiger partial charge is 0.321 e. The van der Waals surface area contributed by atoms with Gasteiger partial charge in [-0.25, -0.2) is 0 Å². The normalized spacial score (nSPS) is 10.9. The highest BCUT2D eigenvalue weighted by Crippen LogP contribution is 2.06. The van der Waals surface area contributed by atoms with Crippen LogP contribution in [0.5, 0.6) is 0 Å². The van der Waals surface area contributed by atoms with Gasteiger partial charge in [0.1, 0.15) is 0 Å². The molecule has 4 heteroatoms. The monoisotopic (exact) mass is 239 g/mol. The molecule has 0 atom stereocenters. The number of aryl methyl sites for hydroxylation is 1. The summed E-state index contributed by atoms with van der Waals surface area (Å²) in [5.74, 6) is 0. The SMILES string of the molecule is CCO[SiH](CCCc1ccccn1)OCC. The summed E-state index contributed by atoms with van der Waals surface area (Å²) in [6.07, 6.45) is 3.97. The molecule has 0 fully saturated rings. The van der Waals surface area contributed by atoms with Crippen LogP contribution in [0.15, 0.2) is 24.4 Å². The van der Waals surface area contributed by atoms with E-state index >= 15 is 0 Å². The Labute approximate surface area is 99.7 Å². The summed E-state index contributed by atoms with van der Waals surface area (Å²) in [4.78, 5) is 4.30. The predicted molar refractivity (Wildman–Crippen MR) is 67.8 cm³/mol. The van der Waals surface area contributed by atoms with E-state index in [4.69, 9.17) is 8.85 Å². The van der Waals surface area contributed by atoms with Gasteiger partial charge in [0.05, 0.1) is 0 Å². The highest BCUT2D eigenvalue weighted by molar-refractivity contribution is 6.44. The molecule has 0 bridgehead atoms. The van der Waals surface area contributed by atoms with Gasteiger partial charge in [-0.3, -0.25) is 4.98 Å². The summed E-state index contributed by atoms with van der Waals surface area (Å²) >= 11 is 0. The first kappa shape index (κ1) is 13.4. The molecule has 1 heterocycles. The van der Waals surface area contributed by atoms with Crippen molar-refractivity contribution in [3.63, 3.8) is 0 Å². The van der Waals surface area contributed by atoms with Crippen LogP contribution in [0.1, 0.15) is 26.0 Å². The van der Waals surface area contributed by atoms with Crippen LogP contribution in [0, 0.1) is 0 Å². The largest absolute Gasteiger partial charge is 0.397 e. The Bertz CT molecular complexity index is 263. The van der Waals surface area contributed by atoms with Gasteiger partial charge in [-0.1, -0.05) is 6.07 Å². The van der Waals surface area contributed by atoms with Crippen LogP contribution >= 0.6 is 0 Å². The number of pyridine rings is 1. The second-order valence-corrected chi connectivity index (χ2v) is 5.66. The van der Waals surface area contributed by atoms with Crippen LogP contribution in [-0.4, -0.2) is 27.5 Å². The van der Waals surface area contributed by atoms with Gasteiger partial charge in [0.2, 0.25) is 0 Å². The molecule has 3 nitrogen and oxygen atoms in total. The Morgan fingerprint density at radius 1 is 1.19 bits per heavy atom. The van der Waals surface area contributed by atoms with E-state index in [0.717, 1.165) is 37.8 Å². The first-order valence-electron chi connectivity index (χ1n) is 6.00. The number of hydrogen-bond donors (Lipinski definition) is 0. The Hall–Kier alpha value is -0.713. The van der Waals surface area contributed by atoms with Crippen molar-refractivity contribution in [2.75, 3.05) is 13.2 Å². The molecule has 1 aromatic rings. The van der Waals surface area contributed by atoms with Gasteiger partial charge >= 0.3 is 9.28 Å². The second kappa shape index (κ2) is 8.44. The maximum Gasteiger partial charge on any atom is 0.321 e. The molecule has 0 unspecified atom stereocenters. The van der Waals surface area contributed by atoms with Crippen molar-refractivity contribution in [3.8, 4) is 0 Å². The Morgan fingerprint density at radius 2 is 1.94 bits per heavy atom. The van der Waals surface area contributed by atoms with E-state index < -0.39 is 9.28 Å². The maximum atomic E-state index is 5.62. The number of rotatable bonds is 8. The lowest BCUT2D eigenvalue weighted by Gasteiger charge is -2.14. The van der Waals surface area contributed by atoms with Crippen molar-refractivity contribution in [1.29, 1.82) is 0 Å². The Morgan fingerprint density at radius 3 is 2.50 bits per heavy atom. The van der Waals surface area contributed by atoms with E-state index in [-0.39, 0.29) is 0 Å². The van der Waals surface area contributed by atoms with Gasteiger partial charge in [0.15, 0.2) is 0 Å². The predicted octanol–water partition coefficient (Wildman–Crippen LogP) is 2.31. The van der Waals surface area contributed by atoms with E-state index in [0.29, 0.717) is 0 Å². The fourth-order valence-corrected chi connectivity index (χ4v) is 3.29. The molecule has 0 aliphatic heterocycles. The molecule has 0 saturated heterocycles. The maximum absolute atomic E-state index is 5.62. The Balaban J connectivity index is 2.22. The molecule has 0 amide bonds. The van der Waals surface area contributed by atoms with Crippen LogP contribution in [-0.2, 0) is 15.3 Å². The third-order valence-electron chi connectivity index (χ3n) is 2.30. The van der Waals surface area contributed by atoms with Crippen molar-refractivity contribution >= 4 is 9.28 Å². The van der Waals surface area contributed by atoms with Crippen LogP contribution in [0.25, 0.3) is 0 Å². The lowest BCUT2D eigenvalue weighted by Crippen LogP contribution is -2.22. The zero-order valence-electron chi connectivity index (χ0n) is 10.2. The molecule has 0 spiro atoms. The topological polar surface area (TPSA) is 31.4 Å². The van der Waals surface area contributed by atoms with Crippen LogP contribution < -0.4 is 0 Å². The third-order valence-corrected chi connectivity index (χ3v) is 4.59. The zero-order chi connectivity index (χ0) is 11.6. The van der Waals surface area contributed by atoms with Gasteiger partial charge < -0.3 is 8.85 Å². The van der Waals surface area contributed by atoms with E-state index in [1.54, 1.807) is 0 Å². The highest BCUT2D eigenvalue weighted by Gasteiger charge is 2.11. The second-order valence-electron chi connectivity index (χ2n) is 3.55. The average molecular weight is 239 g/mol. The van der Waals surface area contributed by atoms with Crippen molar-refractivity contribution in [3.05, 3.63) is 30.1 Å². The van der Waals surface area contributed by atoms with E-state index in [1.807, 2.05) is 32.2 Å². The first-order valence-corrected chi connectivity index (χ1v) is 7.75. The molecule has 0 radical (unpaired) electrons. The number of aromatic nitrogens is 1. The number of hydrogen-bond acceptors (Lipinski definition) is 3. The summed E-state index contributed by atoms with van der Waals surface area (Å²) in [6.45, 7) is 5.58. The van der Waals surface area contributed by atoms with Crippen LogP contribution in [0.3, 0.4) is 0 Å². The van der Waals surface area contributed by atoms with Crippen molar-refractivity contribution < 1.29 is 8.85 Å². The molecular formula is C12H21NO2Si. The zero-order valence-corrected chi connectivity index (χ0v) is 11.3. The first-order chi connectivity index (χ1) is 7.86. The summed E-state index contributed by atoms with van der Waals surface area (Å²) in [5, 5.41) is 0. The molecule has 1 rings (SSSR count). The molecule has 0 saturated carbocycles. The molecule has 16 heavy (non-hydrogen) atoms. The van der Waals surface area contributed by atoms with Crippen molar-refractivity contribution in [2.24, 2.45) is 0 Å². The molecule has 0 aliphatic rings. The van der Waals surface area contributed by atoms with Gasteiger partial charge in [-0.2, -0.15) is 0 Å². The van der Waals surface area contributed by atoms with Crippen LogP contribution in [0.2, 0.25) is 6.04 Å². The van der Waals surface area contributed by atoms with E-state index in [2.05, 4.69) is 11.1 Å². The molecule has 0 aliphatic carbocycles. The van der Waals surface area contributed by atoms with E-state index in [9.17, 15) is 0 Å². The molecule has 0 N–H and O–H groups in total. The van der Waals surface area contributed by atoms with Gasteiger partial charge in [-0.15, -0.1) is 0 Å². The third kappa shape index (κ3) is 5.39. The van der Waals surface area contributed by atoms with Gasteiger partial charge in [0.25, 0.3) is 0 Å². The molecule has 0 aromatic carbocycles. The lowest BCUT2D eigenvalue weighted by atomic mass is 10.2. The minimum Gasteiger partial charge on any atom is -0.397 e. The quantitative estimate of drug-likeness (QED) is 0.652. The minimum absolute atomic E-state index is 0.764. The fraction of sp³-hybridized carbons (Fsp3) is 0.583. The van der Waals surface area contributed by atoms with Crippen LogP contribution in [0.4, 0.5) is 0 Å². The molecule has 90 valence electrons. The number of nitrogens with zero attached hydrogens (tertiary/aromatic N) is 1. The molecule has 1 aromatic heterocycles. The fourth-order valence-electron chi connectivity index (χ4n) is 1.58.